The van der Waals surface area contributed by atoms with Crippen LogP contribution in [-0.4, -0.2) is 34.3 Å². The van der Waals surface area contributed by atoms with E-state index in [9.17, 15) is 13.2 Å². The molecule has 0 aliphatic carbocycles. The fourth-order valence-electron chi connectivity index (χ4n) is 2.57. The summed E-state index contributed by atoms with van der Waals surface area (Å²) >= 11 is 1.55. The number of rotatable bonds is 6. The van der Waals surface area contributed by atoms with Crippen molar-refractivity contribution in [2.45, 2.75) is 23.6 Å². The first-order valence-electron chi connectivity index (χ1n) is 7.71. The Kier molecular flexibility index (Phi) is 6.13. The lowest BCUT2D eigenvalue weighted by molar-refractivity contribution is 0.0600. The highest BCUT2D eigenvalue weighted by Crippen LogP contribution is 2.29. The van der Waals surface area contributed by atoms with Gasteiger partial charge in [-0.05, 0) is 62.1 Å². The van der Waals surface area contributed by atoms with Crippen molar-refractivity contribution >= 4 is 33.4 Å². The summed E-state index contributed by atoms with van der Waals surface area (Å²) in [5.74, 6) is -0.489. The first-order chi connectivity index (χ1) is 11.9. The molecule has 134 valence electrons. The molecule has 2 rings (SSSR count). The highest BCUT2D eigenvalue weighted by atomic mass is 32.2. The molecule has 0 saturated carbocycles. The van der Waals surface area contributed by atoms with Crippen LogP contribution in [0.1, 0.15) is 22.8 Å². The molecule has 2 aromatic carbocycles. The van der Waals surface area contributed by atoms with E-state index < -0.39 is 16.0 Å². The molecule has 0 aliphatic rings. The Labute approximate surface area is 153 Å². The van der Waals surface area contributed by atoms with Gasteiger partial charge in [0.25, 0.3) is 10.0 Å². The minimum Gasteiger partial charge on any atom is -0.465 e. The fraction of sp³-hybridized carbons (Fsp3) is 0.278. The van der Waals surface area contributed by atoms with E-state index in [0.717, 1.165) is 4.90 Å². The van der Waals surface area contributed by atoms with Crippen molar-refractivity contribution in [1.29, 1.82) is 0 Å². The van der Waals surface area contributed by atoms with Crippen molar-refractivity contribution in [3.63, 3.8) is 0 Å². The standard InChI is InChI=1S/C18H21NO4S2/c1-5-19(17-8-6-7-16(13(17)2)18(20)23-3)25(21,22)15-11-9-14(24-4)10-12-15/h6-12H,5H2,1-4H3. The first-order valence-corrected chi connectivity index (χ1v) is 10.4. The maximum absolute atomic E-state index is 13.1. The van der Waals surface area contributed by atoms with E-state index in [1.165, 1.54) is 11.4 Å². The molecule has 0 fully saturated rings. The number of hydrogen-bond acceptors (Lipinski definition) is 5. The van der Waals surface area contributed by atoms with Gasteiger partial charge in [-0.15, -0.1) is 11.8 Å². The van der Waals surface area contributed by atoms with Crippen LogP contribution in [0.25, 0.3) is 0 Å². The number of ether oxygens (including phenoxy) is 1. The van der Waals surface area contributed by atoms with Gasteiger partial charge in [0, 0.05) is 11.4 Å². The quantitative estimate of drug-likeness (QED) is 0.565. The predicted molar refractivity (Wildman–Crippen MR) is 101 cm³/mol. The third-order valence-corrected chi connectivity index (χ3v) is 6.56. The van der Waals surface area contributed by atoms with Crippen molar-refractivity contribution in [3.8, 4) is 0 Å². The van der Waals surface area contributed by atoms with Crippen molar-refractivity contribution in [2.75, 3.05) is 24.2 Å². The average molecular weight is 380 g/mol. The van der Waals surface area contributed by atoms with Crippen LogP contribution in [-0.2, 0) is 14.8 Å². The lowest BCUT2D eigenvalue weighted by Crippen LogP contribution is -2.31. The van der Waals surface area contributed by atoms with E-state index in [2.05, 4.69) is 0 Å². The number of sulfonamides is 1. The zero-order chi connectivity index (χ0) is 18.6. The van der Waals surface area contributed by atoms with E-state index in [4.69, 9.17) is 4.74 Å². The number of anilines is 1. The molecule has 0 aromatic heterocycles. The second kappa shape index (κ2) is 7.93. The summed E-state index contributed by atoms with van der Waals surface area (Å²) in [6.45, 7) is 3.73. The van der Waals surface area contributed by atoms with Crippen LogP contribution in [0.15, 0.2) is 52.3 Å². The maximum Gasteiger partial charge on any atom is 0.338 e. The molecule has 0 radical (unpaired) electrons. The molecule has 7 heteroatoms. The summed E-state index contributed by atoms with van der Waals surface area (Å²) in [6.07, 6.45) is 1.93. The summed E-state index contributed by atoms with van der Waals surface area (Å²) in [6, 6.07) is 11.7. The predicted octanol–water partition coefficient (Wildman–Crippen LogP) is 3.72. The molecule has 0 unspecified atom stereocenters. The van der Waals surface area contributed by atoms with Gasteiger partial charge in [0.15, 0.2) is 0 Å². The Morgan fingerprint density at radius 2 is 1.80 bits per heavy atom. The van der Waals surface area contributed by atoms with Gasteiger partial charge in [-0.25, -0.2) is 13.2 Å². The molecule has 0 saturated heterocycles. The maximum atomic E-state index is 13.1. The molecular formula is C18H21NO4S2. The Morgan fingerprint density at radius 3 is 2.32 bits per heavy atom. The second-order valence-electron chi connectivity index (χ2n) is 5.29. The molecule has 2 aromatic rings. The SMILES string of the molecule is CCN(c1cccc(C(=O)OC)c1C)S(=O)(=O)c1ccc(SC)cc1. The number of thioether (sulfide) groups is 1. The molecule has 0 bridgehead atoms. The second-order valence-corrected chi connectivity index (χ2v) is 8.03. The largest absolute Gasteiger partial charge is 0.465 e. The topological polar surface area (TPSA) is 63.7 Å². The van der Waals surface area contributed by atoms with Gasteiger partial charge in [0.05, 0.1) is 23.3 Å². The molecule has 0 heterocycles. The van der Waals surface area contributed by atoms with E-state index in [1.54, 1.807) is 68.1 Å². The summed E-state index contributed by atoms with van der Waals surface area (Å²) < 4.78 is 32.2. The third kappa shape index (κ3) is 3.82. The van der Waals surface area contributed by atoms with Gasteiger partial charge in [-0.2, -0.15) is 0 Å². The third-order valence-electron chi connectivity index (χ3n) is 3.91. The smallest absolute Gasteiger partial charge is 0.338 e. The van der Waals surface area contributed by atoms with E-state index in [-0.39, 0.29) is 11.4 Å². The van der Waals surface area contributed by atoms with Crippen LogP contribution in [0.5, 0.6) is 0 Å². The zero-order valence-corrected chi connectivity index (χ0v) is 16.3. The monoisotopic (exact) mass is 379 g/mol. The van der Waals surface area contributed by atoms with Crippen LogP contribution in [0.4, 0.5) is 5.69 Å². The van der Waals surface area contributed by atoms with Crippen molar-refractivity contribution in [2.24, 2.45) is 0 Å². The summed E-state index contributed by atoms with van der Waals surface area (Å²) in [5.41, 5.74) is 1.39. The highest BCUT2D eigenvalue weighted by Gasteiger charge is 2.26. The normalized spacial score (nSPS) is 11.2. The number of carbonyl (C=O) groups excluding carboxylic acids is 1. The van der Waals surface area contributed by atoms with E-state index in [0.29, 0.717) is 16.8 Å². The zero-order valence-electron chi connectivity index (χ0n) is 14.6. The average Bonchev–Trinajstić information content (AvgIpc) is 2.63. The summed E-state index contributed by atoms with van der Waals surface area (Å²) in [4.78, 5) is 13.1. The number of nitrogens with zero attached hydrogens (tertiary/aromatic N) is 1. The lowest BCUT2D eigenvalue weighted by atomic mass is 10.1. The summed E-state index contributed by atoms with van der Waals surface area (Å²) in [7, 11) is -2.43. The Morgan fingerprint density at radius 1 is 1.16 bits per heavy atom. The minimum atomic E-state index is -3.73. The van der Waals surface area contributed by atoms with Crippen LogP contribution in [0, 0.1) is 6.92 Å². The van der Waals surface area contributed by atoms with Crippen LogP contribution < -0.4 is 4.31 Å². The minimum absolute atomic E-state index is 0.218. The van der Waals surface area contributed by atoms with Gasteiger partial charge in [0.1, 0.15) is 0 Å². The first kappa shape index (κ1) is 19.3. The number of esters is 1. The van der Waals surface area contributed by atoms with Crippen molar-refractivity contribution < 1.29 is 17.9 Å². The molecule has 0 amide bonds. The molecule has 0 aliphatic heterocycles. The summed E-state index contributed by atoms with van der Waals surface area (Å²) in [5, 5.41) is 0. The Hall–Kier alpha value is -1.99. The molecular weight excluding hydrogens is 358 g/mol. The molecule has 0 N–H and O–H groups in total. The van der Waals surface area contributed by atoms with E-state index >= 15 is 0 Å². The van der Waals surface area contributed by atoms with Gasteiger partial charge >= 0.3 is 5.97 Å². The molecule has 5 nitrogen and oxygen atoms in total. The number of benzene rings is 2. The van der Waals surface area contributed by atoms with Crippen LogP contribution >= 0.6 is 11.8 Å². The molecule has 25 heavy (non-hydrogen) atoms. The van der Waals surface area contributed by atoms with Gasteiger partial charge < -0.3 is 4.74 Å². The highest BCUT2D eigenvalue weighted by molar-refractivity contribution is 7.98. The molecule has 0 spiro atoms. The Balaban J connectivity index is 2.53. The van der Waals surface area contributed by atoms with Crippen LogP contribution in [0.3, 0.4) is 0 Å². The Bertz CT molecular complexity index is 861. The molecule has 0 atom stereocenters. The number of hydrogen-bond donors (Lipinski definition) is 0. The number of carbonyl (C=O) groups is 1. The van der Waals surface area contributed by atoms with Crippen molar-refractivity contribution in [3.05, 3.63) is 53.6 Å². The van der Waals surface area contributed by atoms with Gasteiger partial charge in [-0.1, -0.05) is 6.07 Å². The van der Waals surface area contributed by atoms with Gasteiger partial charge in [-0.3, -0.25) is 4.31 Å². The number of methoxy groups -OCH3 is 1. The van der Waals surface area contributed by atoms with E-state index in [1.807, 2.05) is 6.26 Å². The fourth-order valence-corrected chi connectivity index (χ4v) is 4.51. The van der Waals surface area contributed by atoms with Crippen LogP contribution in [0.2, 0.25) is 0 Å². The van der Waals surface area contributed by atoms with Gasteiger partial charge in [0.2, 0.25) is 0 Å². The lowest BCUT2D eigenvalue weighted by Gasteiger charge is -2.25. The van der Waals surface area contributed by atoms with Crippen molar-refractivity contribution in [1.82, 2.24) is 0 Å².